The van der Waals surface area contributed by atoms with Gasteiger partial charge < -0.3 is 20.0 Å². The molecular weight excluding hydrogens is 520 g/mol. The number of carbonyl (C=O) groups is 4. The molecule has 2 heterocycles. The third kappa shape index (κ3) is 7.62. The molecular formula is C31H42N6O4. The molecule has 41 heavy (non-hydrogen) atoms. The van der Waals surface area contributed by atoms with Gasteiger partial charge in [-0.25, -0.2) is 0 Å². The Labute approximate surface area is 242 Å². The molecule has 0 fully saturated rings. The highest BCUT2D eigenvalue weighted by Gasteiger charge is 2.32. The maximum absolute atomic E-state index is 13.4. The number of aryl methyl sites for hydroxylation is 1. The largest absolute Gasteiger partial charge is 0.349 e. The van der Waals surface area contributed by atoms with E-state index in [9.17, 15) is 19.2 Å². The van der Waals surface area contributed by atoms with Crippen LogP contribution in [0.25, 0.3) is 6.08 Å². The molecule has 0 radical (unpaired) electrons. The topological polar surface area (TPSA) is 108 Å². The van der Waals surface area contributed by atoms with Crippen LogP contribution in [-0.4, -0.2) is 93.9 Å². The molecule has 2 aromatic rings. The smallest absolute Gasteiger partial charge is 0.272 e. The summed E-state index contributed by atoms with van der Waals surface area (Å²) < 4.78 is 1.76. The van der Waals surface area contributed by atoms with E-state index in [-0.39, 0.29) is 55.1 Å². The van der Waals surface area contributed by atoms with Gasteiger partial charge in [0.15, 0.2) is 5.69 Å². The van der Waals surface area contributed by atoms with Crippen LogP contribution in [0.5, 0.6) is 0 Å². The molecule has 10 heteroatoms. The number of hydrogen-bond donors (Lipinski definition) is 1. The number of nitrogens with one attached hydrogen (secondary N) is 1. The van der Waals surface area contributed by atoms with Gasteiger partial charge in [-0.05, 0) is 43.2 Å². The molecule has 4 rings (SSSR count). The first-order valence-electron chi connectivity index (χ1n) is 14.5. The fourth-order valence-corrected chi connectivity index (χ4v) is 5.59. The van der Waals surface area contributed by atoms with Crippen molar-refractivity contribution in [2.24, 2.45) is 13.0 Å². The highest BCUT2D eigenvalue weighted by atomic mass is 16.2. The summed E-state index contributed by atoms with van der Waals surface area (Å²) >= 11 is 0. The minimum atomic E-state index is -0.286. The highest BCUT2D eigenvalue weighted by Crippen LogP contribution is 2.27. The molecule has 2 bridgehead atoms. The van der Waals surface area contributed by atoms with Crippen molar-refractivity contribution >= 4 is 29.7 Å². The maximum atomic E-state index is 13.4. The Morgan fingerprint density at radius 3 is 2.56 bits per heavy atom. The van der Waals surface area contributed by atoms with E-state index in [1.54, 1.807) is 32.5 Å². The number of fused-ring (bicyclic) bond motifs is 1. The van der Waals surface area contributed by atoms with Crippen molar-refractivity contribution in [1.82, 2.24) is 29.8 Å². The Morgan fingerprint density at radius 2 is 1.83 bits per heavy atom. The number of hydrogen-bond acceptors (Lipinski definition) is 5. The van der Waals surface area contributed by atoms with E-state index < -0.39 is 0 Å². The number of carbonyl (C=O) groups excluding carboxylic acids is 4. The molecule has 1 unspecified atom stereocenters. The van der Waals surface area contributed by atoms with Crippen LogP contribution in [0.4, 0.5) is 0 Å². The van der Waals surface area contributed by atoms with E-state index in [1.807, 2.05) is 51.2 Å². The predicted octanol–water partition coefficient (Wildman–Crippen LogP) is 2.29. The van der Waals surface area contributed by atoms with Crippen LogP contribution in [0.15, 0.2) is 36.4 Å². The Kier molecular flexibility index (Phi) is 9.96. The third-order valence-electron chi connectivity index (χ3n) is 7.87. The van der Waals surface area contributed by atoms with E-state index in [2.05, 4.69) is 10.4 Å². The van der Waals surface area contributed by atoms with E-state index >= 15 is 0 Å². The Bertz CT molecular complexity index is 1290. The van der Waals surface area contributed by atoms with Crippen LogP contribution in [0.3, 0.4) is 0 Å². The van der Waals surface area contributed by atoms with E-state index in [4.69, 9.17) is 0 Å². The molecule has 1 aliphatic heterocycles. The van der Waals surface area contributed by atoms with Crippen LogP contribution in [0.2, 0.25) is 0 Å². The molecule has 1 aromatic carbocycles. The van der Waals surface area contributed by atoms with Crippen molar-refractivity contribution in [2.75, 3.05) is 39.8 Å². The molecule has 1 N–H and O–H groups in total. The lowest BCUT2D eigenvalue weighted by Gasteiger charge is -2.34. The normalized spacial score (nSPS) is 19.6. The van der Waals surface area contributed by atoms with Crippen molar-refractivity contribution < 1.29 is 19.2 Å². The van der Waals surface area contributed by atoms with Crippen LogP contribution in [0, 0.1) is 5.92 Å². The first-order valence-corrected chi connectivity index (χ1v) is 14.5. The molecule has 220 valence electrons. The lowest BCUT2D eigenvalue weighted by Crippen LogP contribution is -2.47. The second-order valence-electron chi connectivity index (χ2n) is 11.4. The first-order chi connectivity index (χ1) is 19.6. The van der Waals surface area contributed by atoms with E-state index in [1.165, 1.54) is 6.08 Å². The molecule has 1 aliphatic carbocycles. The Morgan fingerprint density at radius 1 is 1.07 bits per heavy atom. The number of rotatable bonds is 4. The third-order valence-corrected chi connectivity index (χ3v) is 7.87. The zero-order valence-corrected chi connectivity index (χ0v) is 24.6. The van der Waals surface area contributed by atoms with Gasteiger partial charge in [-0.2, -0.15) is 5.10 Å². The second kappa shape index (κ2) is 13.6. The van der Waals surface area contributed by atoms with Crippen molar-refractivity contribution in [2.45, 2.75) is 52.0 Å². The van der Waals surface area contributed by atoms with Crippen LogP contribution in [-0.2, 0) is 34.3 Å². The molecule has 0 spiro atoms. The molecule has 0 saturated carbocycles. The molecule has 10 nitrogen and oxygen atoms in total. The summed E-state index contributed by atoms with van der Waals surface area (Å²) in [5.74, 6) is -0.478. The Hall–Kier alpha value is -3.95. The van der Waals surface area contributed by atoms with Gasteiger partial charge >= 0.3 is 0 Å². The highest BCUT2D eigenvalue weighted by molar-refractivity contribution is 5.94. The maximum Gasteiger partial charge on any atom is 0.272 e. The number of likely N-dealkylation sites (N-methyl/N-ethyl adjacent to an activating group) is 1. The van der Waals surface area contributed by atoms with Gasteiger partial charge in [0.1, 0.15) is 0 Å². The van der Waals surface area contributed by atoms with Gasteiger partial charge in [-0.15, -0.1) is 0 Å². The SMILES string of the molecule is CC(C)CN1CC(=O)N(C)C2CCc3c(c(nn3C)C(=O)NCCN(C(=O)C=Cc3ccccc3)CCCC1=O)C2. The minimum absolute atomic E-state index is 0.0136. The zero-order valence-electron chi connectivity index (χ0n) is 24.6. The van der Waals surface area contributed by atoms with Gasteiger partial charge in [0, 0.05) is 70.1 Å². The number of aromatic nitrogens is 2. The quantitative estimate of drug-likeness (QED) is 0.576. The van der Waals surface area contributed by atoms with E-state index in [0.29, 0.717) is 44.6 Å². The summed E-state index contributed by atoms with van der Waals surface area (Å²) in [6.07, 6.45) is 5.97. The lowest BCUT2D eigenvalue weighted by molar-refractivity contribution is -0.141. The van der Waals surface area contributed by atoms with Crippen LogP contribution < -0.4 is 5.32 Å². The monoisotopic (exact) mass is 562 g/mol. The van der Waals surface area contributed by atoms with Gasteiger partial charge in [0.2, 0.25) is 17.7 Å². The molecule has 4 amide bonds. The lowest BCUT2D eigenvalue weighted by atomic mass is 9.90. The van der Waals surface area contributed by atoms with Gasteiger partial charge in [-0.3, -0.25) is 23.9 Å². The summed E-state index contributed by atoms with van der Waals surface area (Å²) in [6, 6.07) is 9.48. The van der Waals surface area contributed by atoms with Gasteiger partial charge in [-0.1, -0.05) is 44.2 Å². The Balaban J connectivity index is 1.58. The fraction of sp³-hybridized carbons (Fsp3) is 0.516. The van der Waals surface area contributed by atoms with Crippen molar-refractivity contribution in [3.63, 3.8) is 0 Å². The van der Waals surface area contributed by atoms with E-state index in [0.717, 1.165) is 23.2 Å². The molecule has 1 atom stereocenters. The van der Waals surface area contributed by atoms with Crippen molar-refractivity contribution in [3.05, 3.63) is 58.9 Å². The van der Waals surface area contributed by atoms with Gasteiger partial charge in [0.25, 0.3) is 5.91 Å². The molecule has 0 saturated heterocycles. The fourth-order valence-electron chi connectivity index (χ4n) is 5.59. The summed E-state index contributed by atoms with van der Waals surface area (Å²) in [5.41, 5.74) is 3.14. The second-order valence-corrected chi connectivity index (χ2v) is 11.4. The average molecular weight is 563 g/mol. The molecule has 2 aliphatic rings. The standard InChI is InChI=1S/C31H42N6O4/c1-22(2)20-37-21-29(40)34(3)24-13-14-26-25(19-24)30(33-35(26)4)31(41)32-16-18-36(17-8-11-27(37)38)28(39)15-12-23-9-6-5-7-10-23/h5-7,9-10,12,15,22,24H,8,11,13-14,16-21H2,1-4H3,(H,32,41). The van der Waals surface area contributed by atoms with Crippen molar-refractivity contribution in [1.29, 1.82) is 0 Å². The summed E-state index contributed by atoms with van der Waals surface area (Å²) in [5, 5.41) is 7.46. The summed E-state index contributed by atoms with van der Waals surface area (Å²) in [7, 11) is 3.62. The van der Waals surface area contributed by atoms with Crippen LogP contribution in [0.1, 0.15) is 60.4 Å². The summed E-state index contributed by atoms with van der Waals surface area (Å²) in [6.45, 7) is 5.46. The molecule has 1 aromatic heterocycles. The average Bonchev–Trinajstić information content (AvgIpc) is 3.29. The number of amides is 4. The first kappa shape index (κ1) is 30.0. The number of nitrogens with zero attached hydrogens (tertiary/aromatic N) is 5. The zero-order chi connectivity index (χ0) is 29.5. The summed E-state index contributed by atoms with van der Waals surface area (Å²) in [4.78, 5) is 58.1. The minimum Gasteiger partial charge on any atom is -0.349 e. The van der Waals surface area contributed by atoms with Gasteiger partial charge in [0.05, 0.1) is 6.54 Å². The van der Waals surface area contributed by atoms with Crippen molar-refractivity contribution in [3.8, 4) is 0 Å². The number of benzene rings is 1. The van der Waals surface area contributed by atoms with Crippen LogP contribution >= 0.6 is 0 Å². The predicted molar refractivity (Wildman–Crippen MR) is 157 cm³/mol.